The number of hydrogen-bond acceptors (Lipinski definition) is 5. The van der Waals surface area contributed by atoms with Gasteiger partial charge in [-0.2, -0.15) is 0 Å². The lowest BCUT2D eigenvalue weighted by molar-refractivity contribution is 0.102. The molecule has 3 aromatic rings. The molecule has 0 radical (unpaired) electrons. The Morgan fingerprint density at radius 3 is 2.06 bits per heavy atom. The highest BCUT2D eigenvalue weighted by Crippen LogP contribution is 2.29. The van der Waals surface area contributed by atoms with Crippen LogP contribution in [0.25, 0.3) is 0 Å². The quantitative estimate of drug-likeness (QED) is 0.569. The molecule has 0 aliphatic rings. The van der Waals surface area contributed by atoms with Crippen LogP contribution < -0.4 is 19.5 Å². The van der Waals surface area contributed by atoms with Crippen LogP contribution in [0.2, 0.25) is 0 Å². The second-order valence-corrected chi connectivity index (χ2v) is 8.62. The van der Waals surface area contributed by atoms with Crippen LogP contribution in [0.5, 0.6) is 11.5 Å². The zero-order valence-electron chi connectivity index (χ0n) is 17.7. The molecule has 0 heterocycles. The summed E-state index contributed by atoms with van der Waals surface area (Å²) in [5.41, 5.74) is 2.99. The molecule has 0 saturated carbocycles. The average Bonchev–Trinajstić information content (AvgIpc) is 2.75. The van der Waals surface area contributed by atoms with Gasteiger partial charge >= 0.3 is 0 Å². The average molecular weight is 441 g/mol. The molecule has 3 aromatic carbocycles. The lowest BCUT2D eigenvalue weighted by Gasteiger charge is -2.14. The minimum absolute atomic E-state index is 0.0845. The molecule has 0 saturated heterocycles. The van der Waals surface area contributed by atoms with Crippen LogP contribution >= 0.6 is 0 Å². The first-order valence-corrected chi connectivity index (χ1v) is 11.0. The zero-order valence-corrected chi connectivity index (χ0v) is 18.5. The maximum absolute atomic E-state index is 12.8. The van der Waals surface area contributed by atoms with Gasteiger partial charge in [-0.15, -0.1) is 0 Å². The van der Waals surface area contributed by atoms with E-state index in [1.807, 2.05) is 26.0 Å². The summed E-state index contributed by atoms with van der Waals surface area (Å²) in [6.07, 6.45) is 0. The summed E-state index contributed by atoms with van der Waals surface area (Å²) in [4.78, 5) is 12.8. The van der Waals surface area contributed by atoms with Gasteiger partial charge in [-0.25, -0.2) is 8.42 Å². The first kappa shape index (κ1) is 22.2. The van der Waals surface area contributed by atoms with E-state index in [0.717, 1.165) is 11.1 Å². The number of sulfonamides is 1. The van der Waals surface area contributed by atoms with Crippen LogP contribution in [-0.2, 0) is 10.0 Å². The molecule has 31 heavy (non-hydrogen) atoms. The van der Waals surface area contributed by atoms with E-state index in [1.165, 1.54) is 38.5 Å². The highest BCUT2D eigenvalue weighted by molar-refractivity contribution is 7.92. The van der Waals surface area contributed by atoms with E-state index in [9.17, 15) is 13.2 Å². The first-order chi connectivity index (χ1) is 14.7. The SMILES string of the molecule is COc1cccc(OC)c1C(=O)Nc1ccc(S(=O)(=O)Nc2cc(C)ccc2C)cc1. The molecule has 162 valence electrons. The molecule has 0 atom stereocenters. The van der Waals surface area contributed by atoms with Crippen LogP contribution in [0.15, 0.2) is 65.6 Å². The summed E-state index contributed by atoms with van der Waals surface area (Å²) in [6.45, 7) is 3.73. The molecule has 0 bridgehead atoms. The Morgan fingerprint density at radius 2 is 1.48 bits per heavy atom. The van der Waals surface area contributed by atoms with Gasteiger partial charge in [0.1, 0.15) is 17.1 Å². The van der Waals surface area contributed by atoms with E-state index < -0.39 is 15.9 Å². The van der Waals surface area contributed by atoms with E-state index in [4.69, 9.17) is 9.47 Å². The summed E-state index contributed by atoms with van der Waals surface area (Å²) in [6, 6.07) is 16.5. The van der Waals surface area contributed by atoms with Gasteiger partial charge in [-0.1, -0.05) is 18.2 Å². The van der Waals surface area contributed by atoms with Gasteiger partial charge in [0, 0.05) is 5.69 Å². The largest absolute Gasteiger partial charge is 0.496 e. The molecule has 2 N–H and O–H groups in total. The van der Waals surface area contributed by atoms with Gasteiger partial charge in [0.15, 0.2) is 0 Å². The minimum atomic E-state index is -3.77. The normalized spacial score (nSPS) is 11.0. The number of anilines is 2. The lowest BCUT2D eigenvalue weighted by Crippen LogP contribution is -2.16. The molecule has 3 rings (SSSR count). The minimum Gasteiger partial charge on any atom is -0.496 e. The topological polar surface area (TPSA) is 93.7 Å². The molecule has 0 aliphatic heterocycles. The van der Waals surface area contributed by atoms with Crippen LogP contribution in [0.3, 0.4) is 0 Å². The molecule has 1 amide bonds. The second kappa shape index (κ2) is 9.09. The van der Waals surface area contributed by atoms with Crippen molar-refractivity contribution in [3.63, 3.8) is 0 Å². The van der Waals surface area contributed by atoms with Crippen molar-refractivity contribution in [2.24, 2.45) is 0 Å². The van der Waals surface area contributed by atoms with Crippen molar-refractivity contribution in [2.75, 3.05) is 24.3 Å². The molecular formula is C23H24N2O5S. The van der Waals surface area contributed by atoms with Crippen LogP contribution in [0.4, 0.5) is 11.4 Å². The third-order valence-corrected chi connectivity index (χ3v) is 6.10. The predicted molar refractivity (Wildman–Crippen MR) is 121 cm³/mol. The summed E-state index contributed by atoms with van der Waals surface area (Å²) in [7, 11) is -0.841. The number of ether oxygens (including phenoxy) is 2. The number of aryl methyl sites for hydroxylation is 2. The Balaban J connectivity index is 1.80. The lowest BCUT2D eigenvalue weighted by atomic mass is 10.1. The number of nitrogens with one attached hydrogen (secondary N) is 2. The fraction of sp³-hybridized carbons (Fsp3) is 0.174. The Kier molecular flexibility index (Phi) is 6.50. The summed E-state index contributed by atoms with van der Waals surface area (Å²) >= 11 is 0. The van der Waals surface area contributed by atoms with Gasteiger partial charge in [-0.3, -0.25) is 9.52 Å². The summed E-state index contributed by atoms with van der Waals surface area (Å²) < 4.78 is 38.6. The van der Waals surface area contributed by atoms with E-state index >= 15 is 0 Å². The Hall–Kier alpha value is -3.52. The van der Waals surface area contributed by atoms with Crippen LogP contribution in [-0.4, -0.2) is 28.5 Å². The van der Waals surface area contributed by atoms with Crippen LogP contribution in [0, 0.1) is 13.8 Å². The molecule has 0 aromatic heterocycles. The monoisotopic (exact) mass is 440 g/mol. The smallest absolute Gasteiger partial charge is 0.263 e. The Labute approximate surface area is 182 Å². The van der Waals surface area contributed by atoms with Gasteiger partial charge in [-0.05, 0) is 67.4 Å². The molecule has 0 spiro atoms. The van der Waals surface area contributed by atoms with E-state index in [-0.39, 0.29) is 10.5 Å². The van der Waals surface area contributed by atoms with Crippen molar-refractivity contribution < 1.29 is 22.7 Å². The maximum atomic E-state index is 12.8. The van der Waals surface area contributed by atoms with Crippen molar-refractivity contribution in [1.29, 1.82) is 0 Å². The molecular weight excluding hydrogens is 416 g/mol. The van der Waals surface area contributed by atoms with Gasteiger partial charge < -0.3 is 14.8 Å². The number of amides is 1. The number of methoxy groups -OCH3 is 2. The first-order valence-electron chi connectivity index (χ1n) is 9.47. The highest BCUT2D eigenvalue weighted by Gasteiger charge is 2.19. The molecule has 8 heteroatoms. The third kappa shape index (κ3) is 4.97. The number of rotatable bonds is 7. The standard InChI is InChI=1S/C23H24N2O5S/c1-15-8-9-16(2)19(14-15)25-31(27,28)18-12-10-17(11-13-18)24-23(26)22-20(29-3)6-5-7-21(22)30-4/h5-14,25H,1-4H3,(H,24,26). The van der Waals surface area contributed by atoms with Crippen molar-refractivity contribution in [1.82, 2.24) is 0 Å². The number of carbonyl (C=O) groups is 1. The maximum Gasteiger partial charge on any atom is 0.263 e. The third-order valence-electron chi connectivity index (χ3n) is 4.71. The number of hydrogen-bond donors (Lipinski definition) is 2. The molecule has 0 aliphatic carbocycles. The fourth-order valence-corrected chi connectivity index (χ4v) is 4.16. The van der Waals surface area contributed by atoms with Crippen LogP contribution in [0.1, 0.15) is 21.5 Å². The number of benzene rings is 3. The van der Waals surface area contributed by atoms with Gasteiger partial charge in [0.2, 0.25) is 0 Å². The van der Waals surface area contributed by atoms with Crippen molar-refractivity contribution in [2.45, 2.75) is 18.7 Å². The van der Waals surface area contributed by atoms with Crippen molar-refractivity contribution in [3.8, 4) is 11.5 Å². The molecule has 0 unspecified atom stereocenters. The molecule has 7 nitrogen and oxygen atoms in total. The highest BCUT2D eigenvalue weighted by atomic mass is 32.2. The van der Waals surface area contributed by atoms with Crippen molar-refractivity contribution in [3.05, 3.63) is 77.4 Å². The summed E-state index contributed by atoms with van der Waals surface area (Å²) in [5, 5.41) is 2.74. The molecule has 0 fully saturated rings. The van der Waals surface area contributed by atoms with Gasteiger partial charge in [0.25, 0.3) is 15.9 Å². The second-order valence-electron chi connectivity index (χ2n) is 6.94. The zero-order chi connectivity index (χ0) is 22.6. The number of carbonyl (C=O) groups excluding carboxylic acids is 1. The Morgan fingerprint density at radius 1 is 0.871 bits per heavy atom. The summed E-state index contributed by atoms with van der Waals surface area (Å²) in [5.74, 6) is 0.306. The van der Waals surface area contributed by atoms with Gasteiger partial charge in [0.05, 0.1) is 24.8 Å². The fourth-order valence-electron chi connectivity index (χ4n) is 3.04. The predicted octanol–water partition coefficient (Wildman–Crippen LogP) is 4.37. The van der Waals surface area contributed by atoms with E-state index in [2.05, 4.69) is 10.0 Å². The Bertz CT molecular complexity index is 1180. The van der Waals surface area contributed by atoms with E-state index in [1.54, 1.807) is 24.3 Å². The van der Waals surface area contributed by atoms with E-state index in [0.29, 0.717) is 22.9 Å². The van der Waals surface area contributed by atoms with Crippen molar-refractivity contribution >= 4 is 27.3 Å².